The van der Waals surface area contributed by atoms with E-state index in [0.717, 1.165) is 23.6 Å². The van der Waals surface area contributed by atoms with E-state index in [9.17, 15) is 4.79 Å². The molecule has 112 valence electrons. The molecule has 1 aromatic heterocycles. The molecular weight excluding hydrogens is 264 g/mol. The van der Waals surface area contributed by atoms with Gasteiger partial charge in [-0.2, -0.15) is 0 Å². The highest BCUT2D eigenvalue weighted by molar-refractivity contribution is 5.99. The lowest BCUT2D eigenvalue weighted by atomic mass is 10.2. The molecule has 0 bridgehead atoms. The quantitative estimate of drug-likeness (QED) is 0.853. The van der Waals surface area contributed by atoms with Crippen molar-refractivity contribution >= 4 is 5.71 Å². The molecular formula is C16H22N4O. The number of aromatic amines is 1. The highest BCUT2D eigenvalue weighted by Crippen LogP contribution is 2.07. The predicted octanol–water partition coefficient (Wildman–Crippen LogP) is 1.84. The Labute approximate surface area is 124 Å². The first-order valence-electron chi connectivity index (χ1n) is 7.04. The largest absolute Gasteiger partial charge is 0.308 e. The second-order valence-electron chi connectivity index (χ2n) is 5.36. The van der Waals surface area contributed by atoms with Gasteiger partial charge in [-0.15, -0.1) is 0 Å². The normalized spacial score (nSPS) is 12.1. The molecule has 2 aromatic rings. The van der Waals surface area contributed by atoms with E-state index in [-0.39, 0.29) is 5.56 Å². The summed E-state index contributed by atoms with van der Waals surface area (Å²) in [6.07, 6.45) is 0. The highest BCUT2D eigenvalue weighted by atomic mass is 16.1. The number of likely N-dealkylation sites (N-methyl/N-ethyl adjacent to an activating group) is 1. The van der Waals surface area contributed by atoms with Crippen LogP contribution in [-0.2, 0) is 0 Å². The number of rotatable bonds is 5. The fourth-order valence-electron chi connectivity index (χ4n) is 2.23. The molecule has 0 aliphatic rings. The fourth-order valence-corrected chi connectivity index (χ4v) is 2.23. The molecule has 2 rings (SSSR count). The zero-order valence-electron chi connectivity index (χ0n) is 13.1. The van der Waals surface area contributed by atoms with Crippen LogP contribution in [0.25, 0.3) is 5.69 Å². The van der Waals surface area contributed by atoms with E-state index in [4.69, 9.17) is 0 Å². The van der Waals surface area contributed by atoms with E-state index < -0.39 is 0 Å². The molecule has 0 amide bonds. The highest BCUT2D eigenvalue weighted by Gasteiger charge is 2.14. The van der Waals surface area contributed by atoms with Gasteiger partial charge in [0.25, 0.3) is 5.56 Å². The van der Waals surface area contributed by atoms with Gasteiger partial charge in [0, 0.05) is 18.0 Å². The monoisotopic (exact) mass is 286 g/mol. The first-order valence-corrected chi connectivity index (χ1v) is 7.04. The Balaban J connectivity index is 2.34. The zero-order chi connectivity index (χ0) is 15.4. The van der Waals surface area contributed by atoms with Crippen molar-refractivity contribution < 1.29 is 0 Å². The second kappa shape index (κ2) is 6.54. The first-order chi connectivity index (χ1) is 10.0. The molecule has 0 atom stereocenters. The number of H-pyrrole nitrogens is 1. The summed E-state index contributed by atoms with van der Waals surface area (Å²) in [5.74, 6) is 0. The maximum absolute atomic E-state index is 12.6. The number of benzene rings is 1. The Kier molecular flexibility index (Phi) is 4.75. The van der Waals surface area contributed by atoms with Gasteiger partial charge in [-0.3, -0.25) is 14.9 Å². The van der Waals surface area contributed by atoms with Gasteiger partial charge in [0.15, 0.2) is 0 Å². The Hall–Kier alpha value is -2.14. The van der Waals surface area contributed by atoms with Crippen LogP contribution in [0.4, 0.5) is 0 Å². The topological polar surface area (TPSA) is 53.4 Å². The summed E-state index contributed by atoms with van der Waals surface area (Å²) < 4.78 is 1.57. The number of aliphatic imine (C=N–C) groups is 1. The van der Waals surface area contributed by atoms with E-state index >= 15 is 0 Å². The van der Waals surface area contributed by atoms with Gasteiger partial charge in [-0.05, 0) is 40.1 Å². The van der Waals surface area contributed by atoms with Crippen LogP contribution >= 0.6 is 0 Å². The summed E-state index contributed by atoms with van der Waals surface area (Å²) >= 11 is 0. The Morgan fingerprint density at radius 2 is 1.95 bits per heavy atom. The van der Waals surface area contributed by atoms with Crippen molar-refractivity contribution in [2.45, 2.75) is 13.8 Å². The Morgan fingerprint density at radius 3 is 2.57 bits per heavy atom. The summed E-state index contributed by atoms with van der Waals surface area (Å²) in [7, 11) is 4.02. The van der Waals surface area contributed by atoms with Gasteiger partial charge in [0.05, 0.1) is 17.8 Å². The smallest absolute Gasteiger partial charge is 0.280 e. The molecule has 0 saturated carbocycles. The van der Waals surface area contributed by atoms with Crippen molar-refractivity contribution in [2.24, 2.45) is 4.99 Å². The summed E-state index contributed by atoms with van der Waals surface area (Å²) in [5.41, 5.74) is 3.07. The van der Waals surface area contributed by atoms with Crippen LogP contribution in [0.2, 0.25) is 0 Å². The lowest BCUT2D eigenvalue weighted by molar-refractivity contribution is 0.420. The van der Waals surface area contributed by atoms with E-state index in [0.29, 0.717) is 12.1 Å². The molecule has 5 nitrogen and oxygen atoms in total. The van der Waals surface area contributed by atoms with Crippen LogP contribution in [0, 0.1) is 6.92 Å². The average Bonchev–Trinajstić information content (AvgIpc) is 2.74. The molecule has 0 aliphatic carbocycles. The van der Waals surface area contributed by atoms with E-state index in [1.54, 1.807) is 4.68 Å². The molecule has 0 fully saturated rings. The summed E-state index contributed by atoms with van der Waals surface area (Å²) in [6.45, 7) is 5.35. The lowest BCUT2D eigenvalue weighted by Crippen LogP contribution is -2.21. The molecule has 0 spiro atoms. The lowest BCUT2D eigenvalue weighted by Gasteiger charge is -2.06. The molecule has 1 N–H and O–H groups in total. The third kappa shape index (κ3) is 3.49. The molecule has 1 heterocycles. The molecule has 5 heteroatoms. The van der Waals surface area contributed by atoms with Gasteiger partial charge < -0.3 is 4.90 Å². The van der Waals surface area contributed by atoms with E-state index in [1.807, 2.05) is 58.3 Å². The van der Waals surface area contributed by atoms with Gasteiger partial charge in [-0.1, -0.05) is 18.2 Å². The van der Waals surface area contributed by atoms with Gasteiger partial charge in [0.1, 0.15) is 0 Å². The number of nitrogens with zero attached hydrogens (tertiary/aromatic N) is 3. The van der Waals surface area contributed by atoms with Crippen molar-refractivity contribution in [2.75, 3.05) is 27.2 Å². The standard InChI is InChI=1S/C16H22N4O/c1-12(17-10-11-19(3)4)15-13(2)18-20(16(15)21)14-8-6-5-7-9-14/h5-9,18H,10-11H2,1-4H3. The number of para-hydroxylation sites is 1. The van der Waals surface area contributed by atoms with Crippen LogP contribution < -0.4 is 5.56 Å². The third-order valence-corrected chi connectivity index (χ3v) is 3.34. The molecule has 0 saturated heterocycles. The summed E-state index contributed by atoms with van der Waals surface area (Å²) in [5, 5.41) is 3.12. The minimum Gasteiger partial charge on any atom is -0.308 e. The number of hydrogen-bond donors (Lipinski definition) is 1. The number of hydrogen-bond acceptors (Lipinski definition) is 3. The maximum atomic E-state index is 12.6. The van der Waals surface area contributed by atoms with Crippen LogP contribution in [0.5, 0.6) is 0 Å². The molecule has 0 radical (unpaired) electrons. The van der Waals surface area contributed by atoms with Gasteiger partial charge in [0.2, 0.25) is 0 Å². The van der Waals surface area contributed by atoms with E-state index in [2.05, 4.69) is 15.0 Å². The summed E-state index contributed by atoms with van der Waals surface area (Å²) in [6, 6.07) is 9.56. The van der Waals surface area contributed by atoms with Crippen LogP contribution in [0.1, 0.15) is 18.2 Å². The molecule has 0 unspecified atom stereocenters. The Bertz CT molecular complexity index is 680. The average molecular weight is 286 g/mol. The SMILES string of the molecule is CC(=NCCN(C)C)c1c(C)[nH]n(-c2ccccc2)c1=O. The van der Waals surface area contributed by atoms with Crippen LogP contribution in [0.3, 0.4) is 0 Å². The van der Waals surface area contributed by atoms with Gasteiger partial charge >= 0.3 is 0 Å². The second-order valence-corrected chi connectivity index (χ2v) is 5.36. The van der Waals surface area contributed by atoms with E-state index in [1.165, 1.54) is 0 Å². The zero-order valence-corrected chi connectivity index (χ0v) is 13.1. The third-order valence-electron chi connectivity index (χ3n) is 3.34. The van der Waals surface area contributed by atoms with Crippen molar-refractivity contribution in [1.29, 1.82) is 0 Å². The van der Waals surface area contributed by atoms with Crippen molar-refractivity contribution in [3.05, 3.63) is 51.9 Å². The van der Waals surface area contributed by atoms with Crippen molar-refractivity contribution in [3.63, 3.8) is 0 Å². The maximum Gasteiger partial charge on any atom is 0.280 e. The van der Waals surface area contributed by atoms with Crippen LogP contribution in [-0.4, -0.2) is 47.6 Å². The van der Waals surface area contributed by atoms with Crippen molar-refractivity contribution in [1.82, 2.24) is 14.7 Å². The van der Waals surface area contributed by atoms with Crippen molar-refractivity contribution in [3.8, 4) is 5.69 Å². The Morgan fingerprint density at radius 1 is 1.29 bits per heavy atom. The first kappa shape index (κ1) is 15.3. The number of nitrogens with one attached hydrogen (secondary N) is 1. The number of aryl methyl sites for hydroxylation is 1. The minimum atomic E-state index is -0.0511. The minimum absolute atomic E-state index is 0.0511. The molecule has 21 heavy (non-hydrogen) atoms. The number of aromatic nitrogens is 2. The molecule has 1 aromatic carbocycles. The predicted molar refractivity (Wildman–Crippen MR) is 86.8 cm³/mol. The molecule has 0 aliphatic heterocycles. The van der Waals surface area contributed by atoms with Gasteiger partial charge in [-0.25, -0.2) is 4.68 Å². The summed E-state index contributed by atoms with van der Waals surface area (Å²) in [4.78, 5) is 19.1. The van der Waals surface area contributed by atoms with Crippen LogP contribution in [0.15, 0.2) is 40.1 Å². The fraction of sp³-hybridized carbons (Fsp3) is 0.375.